The molecule has 0 saturated carbocycles. The normalized spacial score (nSPS) is 19.6. The Morgan fingerprint density at radius 2 is 0.543 bits per heavy atom. The van der Waals surface area contributed by atoms with Crippen molar-refractivity contribution in [1.29, 1.82) is 0 Å². The van der Waals surface area contributed by atoms with Crippen LogP contribution in [0.15, 0.2) is 218 Å². The minimum absolute atomic E-state index is 0. The fourth-order valence-electron chi connectivity index (χ4n) is 13.6. The smallest absolute Gasteiger partial charge is 0.308 e. The van der Waals surface area contributed by atoms with Gasteiger partial charge in [0.05, 0.1) is 97.0 Å². The molecule has 0 unspecified atom stereocenters. The zero-order valence-electron chi connectivity index (χ0n) is 76.5. The number of carbonyl (C=O) groups is 10. The maximum absolute atomic E-state index is 13.5. The van der Waals surface area contributed by atoms with Gasteiger partial charge >= 0.3 is 11.9 Å². The highest BCUT2D eigenvalue weighted by Gasteiger charge is 2.53. The maximum atomic E-state index is 13.5. The average molecular weight is 1780 g/mol. The van der Waals surface area contributed by atoms with Crippen LogP contribution in [0.2, 0.25) is 0 Å². The summed E-state index contributed by atoms with van der Waals surface area (Å²) < 4.78 is 41.7. The lowest BCUT2D eigenvalue weighted by atomic mass is 9.87. The van der Waals surface area contributed by atoms with Gasteiger partial charge in [-0.3, -0.25) is 47.9 Å². The first-order chi connectivity index (χ1) is 60.7. The number of aliphatic hydroxyl groups is 2. The molecule has 0 aliphatic carbocycles. The van der Waals surface area contributed by atoms with Crippen molar-refractivity contribution < 1.29 is 106 Å². The number of amides is 3. The van der Waals surface area contributed by atoms with Gasteiger partial charge in [0.2, 0.25) is 17.7 Å². The zero-order valence-corrected chi connectivity index (χ0v) is 76.5. The largest absolute Gasteiger partial charge is 0.497 e. The van der Waals surface area contributed by atoms with Crippen molar-refractivity contribution in [1.82, 2.24) is 16.0 Å². The van der Waals surface area contributed by atoms with Crippen molar-refractivity contribution in [3.05, 3.63) is 263 Å². The van der Waals surface area contributed by atoms with E-state index in [2.05, 4.69) is 28.1 Å². The predicted octanol–water partition coefficient (Wildman–Crippen LogP) is 13.7. The minimum Gasteiger partial charge on any atom is -0.497 e. The SMILES string of the molecule is C.COc1ccc(C[C@H](C)C(=O)N[C@@H](Cc2ccccc2)C(=O)[C@@]2(C)CO2)cc1.COc1ccc(C[C@H](C)C(=O)N[C@@H](Cc2ccccc2)C(=O)[C@@]2(C)CO2)cc1.COc1ccc(C[C@H](C)C(=O)O)cc1.COc1ccc(C[C@H](CC(=O)[C@@H](C)[C@H](C)O)C(=O)N[C@@H](Cc2ccccc2)C(=O)[C@@]2(C)CO2)cc1.C[C@@H](Cc1ccccc1)C(=O)[C@@]1(C)CO1.C[C@H](O)[C@H](C)C(=O)O. The molecule has 12 rings (SSSR count). The van der Waals surface area contributed by atoms with Crippen molar-refractivity contribution in [3.8, 4) is 23.0 Å². The third-order valence-corrected chi connectivity index (χ3v) is 23.2. The average Bonchev–Trinajstić information content (AvgIpc) is 1.66. The number of ketones is 5. The summed E-state index contributed by atoms with van der Waals surface area (Å²) in [5, 5.41) is 44.2. The molecule has 0 aromatic heterocycles. The molecule has 0 bridgehead atoms. The Kier molecular flexibility index (Phi) is 42.0. The molecule has 4 saturated heterocycles. The molecule has 25 nitrogen and oxygen atoms in total. The van der Waals surface area contributed by atoms with Crippen LogP contribution in [0, 0.1) is 41.4 Å². The van der Waals surface area contributed by atoms with Gasteiger partial charge in [-0.1, -0.05) is 212 Å². The van der Waals surface area contributed by atoms with E-state index in [1.165, 1.54) is 19.4 Å². The molecule has 4 fully saturated rings. The van der Waals surface area contributed by atoms with Gasteiger partial charge in [0.1, 0.15) is 51.2 Å². The Bertz CT molecular complexity index is 4700. The summed E-state index contributed by atoms with van der Waals surface area (Å²) in [6.07, 6.45) is 2.50. The van der Waals surface area contributed by atoms with E-state index in [4.69, 9.17) is 53.2 Å². The second-order valence-electron chi connectivity index (χ2n) is 34.4. The van der Waals surface area contributed by atoms with Crippen molar-refractivity contribution >= 4 is 58.6 Å². The molecule has 8 aromatic rings. The molecule has 3 amide bonds. The maximum Gasteiger partial charge on any atom is 0.308 e. The number of carbonyl (C=O) groups excluding carboxylic acids is 8. The van der Waals surface area contributed by atoms with Gasteiger partial charge < -0.3 is 74.3 Å². The minimum atomic E-state index is -0.958. The molecule has 0 radical (unpaired) electrons. The van der Waals surface area contributed by atoms with E-state index in [1.54, 1.807) is 82.1 Å². The number of methoxy groups -OCH3 is 4. The quantitative estimate of drug-likeness (QED) is 0.0175. The number of carboxylic acid groups (broad SMARTS) is 2. The molecule has 25 heteroatoms. The molecule has 4 heterocycles. The van der Waals surface area contributed by atoms with Crippen LogP contribution in [0.3, 0.4) is 0 Å². The van der Waals surface area contributed by atoms with Crippen molar-refractivity contribution in [2.45, 2.75) is 201 Å². The lowest BCUT2D eigenvalue weighted by Gasteiger charge is -2.24. The Balaban J connectivity index is 0.000000250. The molecule has 4 aliphatic rings. The first-order valence-corrected chi connectivity index (χ1v) is 43.4. The van der Waals surface area contributed by atoms with Crippen LogP contribution in [0.25, 0.3) is 0 Å². The van der Waals surface area contributed by atoms with Crippen LogP contribution in [0.5, 0.6) is 23.0 Å². The van der Waals surface area contributed by atoms with Gasteiger partial charge in [0, 0.05) is 36.0 Å². The van der Waals surface area contributed by atoms with Gasteiger partial charge in [-0.2, -0.15) is 0 Å². The molecule has 4 aliphatic heterocycles. The summed E-state index contributed by atoms with van der Waals surface area (Å²) in [4.78, 5) is 123. The lowest BCUT2D eigenvalue weighted by molar-refractivity contribution is -0.144. The number of carboxylic acids is 2. The fourth-order valence-corrected chi connectivity index (χ4v) is 13.6. The topological polar surface area (TPSA) is 375 Å². The van der Waals surface area contributed by atoms with E-state index in [0.29, 0.717) is 77.1 Å². The summed E-state index contributed by atoms with van der Waals surface area (Å²) in [5.74, 6) is -2.35. The molecule has 8 aromatic carbocycles. The van der Waals surface area contributed by atoms with Crippen LogP contribution in [-0.2, 0) is 118 Å². The summed E-state index contributed by atoms with van der Waals surface area (Å²) in [6, 6.07) is 67.1. The highest BCUT2D eigenvalue weighted by Crippen LogP contribution is 2.34. The summed E-state index contributed by atoms with van der Waals surface area (Å²) in [6.45, 7) is 22.5. The van der Waals surface area contributed by atoms with Crippen molar-refractivity contribution in [2.24, 2.45) is 41.4 Å². The number of nitrogens with one attached hydrogen (secondary N) is 3. The Morgan fingerprint density at radius 1 is 0.310 bits per heavy atom. The second-order valence-corrected chi connectivity index (χ2v) is 34.4. The van der Waals surface area contributed by atoms with Gasteiger partial charge in [-0.05, 0) is 193 Å². The zero-order chi connectivity index (χ0) is 94.1. The predicted molar refractivity (Wildman–Crippen MR) is 494 cm³/mol. The van der Waals surface area contributed by atoms with Crippen LogP contribution >= 0.6 is 0 Å². The summed E-state index contributed by atoms with van der Waals surface area (Å²) in [7, 11) is 6.43. The van der Waals surface area contributed by atoms with Gasteiger partial charge in [-0.25, -0.2) is 0 Å². The van der Waals surface area contributed by atoms with Gasteiger partial charge in [-0.15, -0.1) is 0 Å². The van der Waals surface area contributed by atoms with E-state index in [1.807, 2.05) is 222 Å². The number of benzene rings is 8. The number of epoxide rings is 4. The number of aliphatic carboxylic acids is 2. The lowest BCUT2D eigenvalue weighted by Crippen LogP contribution is -2.49. The Labute approximate surface area is 760 Å². The Morgan fingerprint density at radius 3 is 0.783 bits per heavy atom. The number of rotatable bonds is 41. The molecular formula is C104H133N3O22. The molecule has 16 atom stereocenters. The number of Topliss-reactive ketones (excluding diaryl/α,β-unsaturated/α-hetero) is 5. The van der Waals surface area contributed by atoms with Crippen molar-refractivity contribution in [3.63, 3.8) is 0 Å². The standard InChI is InChI=1S/C28H35NO6.2C23H27NO4.C13H16O2.C11H14O3.C5H10O3.CH4/c1-18(19(2)30)25(31)16-22(14-21-10-12-23(34-4)13-11-21)27(33)29-24(26(32)28(3)17-35-28)15-20-8-6-5-7-9-20;2*1-16(13-18-9-11-19(27-3)12-10-18)22(26)24-20(21(25)23(2)15-28-23)14-17-7-5-4-6-8-17;1-10(12(14)13(2)9-15-13)8-11-6-4-3-5-7-11;1-8(11(12)13)7-9-3-5-10(14-2)6-4-9;1-3(4(2)6)5(7)8;/h5-13,18-19,22,24,30H,14-17H2,1-4H3,(H,29,33);2*4-12,16,20H,13-15H2,1-3H3,(H,24,26);3-7,10H,8-9H2,1-2H3;3-6,8H,7H2,1-2H3,(H,12,13);3-4,6H,1-2H3,(H,7,8);1H4/t18-,19-,22+,24-,28+;2*16-,20-,23+;10-,13+;8-;3-,4-;/m000000./s1. The van der Waals surface area contributed by atoms with E-state index >= 15 is 0 Å². The number of hydrogen-bond acceptors (Lipinski definition) is 20. The number of aliphatic hydroxyl groups excluding tert-OH is 2. The van der Waals surface area contributed by atoms with E-state index < -0.39 is 82.4 Å². The number of ether oxygens (including phenoxy) is 8. The second kappa shape index (κ2) is 51.0. The molecule has 0 spiro atoms. The first-order valence-electron chi connectivity index (χ1n) is 43.4. The monoisotopic (exact) mass is 1780 g/mol. The summed E-state index contributed by atoms with van der Waals surface area (Å²) >= 11 is 0. The van der Waals surface area contributed by atoms with Crippen LogP contribution in [0.4, 0.5) is 0 Å². The highest BCUT2D eigenvalue weighted by atomic mass is 16.6. The van der Waals surface area contributed by atoms with Crippen LogP contribution < -0.4 is 34.9 Å². The number of hydrogen-bond donors (Lipinski definition) is 7. The molecule has 7 N–H and O–H groups in total. The first kappa shape index (κ1) is 106. The summed E-state index contributed by atoms with van der Waals surface area (Å²) in [5.41, 5.74) is 5.21. The van der Waals surface area contributed by atoms with E-state index in [-0.39, 0.29) is 84.2 Å². The van der Waals surface area contributed by atoms with Gasteiger partial charge in [0.25, 0.3) is 0 Å². The van der Waals surface area contributed by atoms with E-state index in [9.17, 15) is 53.1 Å². The third kappa shape index (κ3) is 35.1. The highest BCUT2D eigenvalue weighted by molar-refractivity contribution is 5.99. The fraction of sp³-hybridized carbons (Fsp3) is 0.442. The van der Waals surface area contributed by atoms with Gasteiger partial charge in [0.15, 0.2) is 23.1 Å². The molecular weight excluding hydrogens is 1640 g/mol. The molecule has 696 valence electrons. The third-order valence-electron chi connectivity index (χ3n) is 23.2. The Hall–Kier alpha value is -11.6. The molecule has 129 heavy (non-hydrogen) atoms. The van der Waals surface area contributed by atoms with Crippen LogP contribution in [-0.4, -0.2) is 187 Å². The van der Waals surface area contributed by atoms with Crippen LogP contribution in [0.1, 0.15) is 141 Å². The van der Waals surface area contributed by atoms with Crippen molar-refractivity contribution in [2.75, 3.05) is 54.9 Å². The van der Waals surface area contributed by atoms with E-state index in [0.717, 1.165) is 62.6 Å².